The van der Waals surface area contributed by atoms with Crippen molar-refractivity contribution in [1.29, 1.82) is 0 Å². The van der Waals surface area contributed by atoms with Gasteiger partial charge in [0.2, 0.25) is 0 Å². The SMILES string of the molecule is CC1(C)CCNCC(CO)N1CC1CCCO1. The molecule has 2 fully saturated rings. The van der Waals surface area contributed by atoms with Crippen LogP contribution in [0.5, 0.6) is 0 Å². The van der Waals surface area contributed by atoms with E-state index in [1.165, 1.54) is 6.42 Å². The molecule has 4 nitrogen and oxygen atoms in total. The fourth-order valence-electron chi connectivity index (χ4n) is 2.98. The minimum atomic E-state index is 0.142. The van der Waals surface area contributed by atoms with Crippen molar-refractivity contribution in [2.75, 3.05) is 32.8 Å². The number of hydrogen-bond donors (Lipinski definition) is 2. The fraction of sp³-hybridized carbons (Fsp3) is 1.00. The van der Waals surface area contributed by atoms with Gasteiger partial charge in [-0.3, -0.25) is 4.90 Å². The smallest absolute Gasteiger partial charge is 0.0703 e. The Hall–Kier alpha value is -0.160. The molecule has 2 rings (SSSR count). The molecular formula is C13H26N2O2. The van der Waals surface area contributed by atoms with Gasteiger partial charge in [0.1, 0.15) is 0 Å². The first-order valence-corrected chi connectivity index (χ1v) is 6.83. The summed E-state index contributed by atoms with van der Waals surface area (Å²) in [4.78, 5) is 2.45. The van der Waals surface area contributed by atoms with Crippen LogP contribution in [0.3, 0.4) is 0 Å². The van der Waals surface area contributed by atoms with Crippen LogP contribution in [-0.4, -0.2) is 60.5 Å². The second kappa shape index (κ2) is 5.65. The Balaban J connectivity index is 2.04. The first-order valence-electron chi connectivity index (χ1n) is 6.83. The Bertz CT molecular complexity index is 240. The highest BCUT2D eigenvalue weighted by molar-refractivity contribution is 4.92. The third-order valence-electron chi connectivity index (χ3n) is 4.15. The summed E-state index contributed by atoms with van der Waals surface area (Å²) >= 11 is 0. The minimum Gasteiger partial charge on any atom is -0.395 e. The van der Waals surface area contributed by atoms with E-state index in [1.54, 1.807) is 0 Å². The van der Waals surface area contributed by atoms with Crippen LogP contribution in [0.2, 0.25) is 0 Å². The molecule has 0 radical (unpaired) electrons. The van der Waals surface area contributed by atoms with Gasteiger partial charge in [0, 0.05) is 31.3 Å². The van der Waals surface area contributed by atoms with E-state index in [1.807, 2.05) is 0 Å². The van der Waals surface area contributed by atoms with E-state index >= 15 is 0 Å². The Morgan fingerprint density at radius 2 is 2.29 bits per heavy atom. The van der Waals surface area contributed by atoms with Crippen LogP contribution in [-0.2, 0) is 4.74 Å². The molecule has 17 heavy (non-hydrogen) atoms. The molecular weight excluding hydrogens is 216 g/mol. The average molecular weight is 242 g/mol. The van der Waals surface area contributed by atoms with Crippen LogP contribution < -0.4 is 5.32 Å². The maximum absolute atomic E-state index is 9.57. The van der Waals surface area contributed by atoms with Crippen molar-refractivity contribution in [3.63, 3.8) is 0 Å². The zero-order valence-electron chi connectivity index (χ0n) is 11.1. The van der Waals surface area contributed by atoms with Crippen LogP contribution in [0, 0.1) is 0 Å². The lowest BCUT2D eigenvalue weighted by atomic mass is 9.96. The molecule has 0 aliphatic carbocycles. The lowest BCUT2D eigenvalue weighted by Gasteiger charge is -2.42. The van der Waals surface area contributed by atoms with E-state index in [0.29, 0.717) is 6.10 Å². The summed E-state index contributed by atoms with van der Waals surface area (Å²) in [5.41, 5.74) is 0.142. The zero-order valence-corrected chi connectivity index (χ0v) is 11.1. The Morgan fingerprint density at radius 1 is 1.47 bits per heavy atom. The third kappa shape index (κ3) is 3.19. The molecule has 0 aromatic carbocycles. The van der Waals surface area contributed by atoms with Crippen molar-refractivity contribution >= 4 is 0 Å². The second-order valence-electron chi connectivity index (χ2n) is 5.89. The van der Waals surface area contributed by atoms with E-state index in [-0.39, 0.29) is 18.2 Å². The van der Waals surface area contributed by atoms with Gasteiger partial charge >= 0.3 is 0 Å². The van der Waals surface area contributed by atoms with Gasteiger partial charge in [-0.15, -0.1) is 0 Å². The van der Waals surface area contributed by atoms with Crippen molar-refractivity contribution in [2.45, 2.75) is 50.8 Å². The molecule has 0 aromatic heterocycles. The lowest BCUT2D eigenvalue weighted by molar-refractivity contribution is -0.00501. The molecule has 2 heterocycles. The maximum Gasteiger partial charge on any atom is 0.0703 e. The average Bonchev–Trinajstić information content (AvgIpc) is 2.75. The monoisotopic (exact) mass is 242 g/mol. The molecule has 2 aliphatic rings. The van der Waals surface area contributed by atoms with Gasteiger partial charge in [-0.2, -0.15) is 0 Å². The Kier molecular flexibility index (Phi) is 4.42. The van der Waals surface area contributed by atoms with Crippen molar-refractivity contribution in [3.05, 3.63) is 0 Å². The van der Waals surface area contributed by atoms with E-state index < -0.39 is 0 Å². The van der Waals surface area contributed by atoms with Crippen molar-refractivity contribution < 1.29 is 9.84 Å². The van der Waals surface area contributed by atoms with E-state index in [2.05, 4.69) is 24.1 Å². The van der Waals surface area contributed by atoms with Gasteiger partial charge in [-0.1, -0.05) is 0 Å². The molecule has 2 saturated heterocycles. The zero-order chi connectivity index (χ0) is 12.3. The summed E-state index contributed by atoms with van der Waals surface area (Å²) in [5.74, 6) is 0. The first-order chi connectivity index (χ1) is 8.13. The van der Waals surface area contributed by atoms with Gasteiger partial charge in [0.05, 0.1) is 12.7 Å². The normalized spacial score (nSPS) is 34.8. The second-order valence-corrected chi connectivity index (χ2v) is 5.89. The molecule has 4 heteroatoms. The Morgan fingerprint density at radius 3 is 2.94 bits per heavy atom. The largest absolute Gasteiger partial charge is 0.395 e. The number of aliphatic hydroxyl groups excluding tert-OH is 1. The quantitative estimate of drug-likeness (QED) is 0.761. The van der Waals surface area contributed by atoms with Crippen LogP contribution in [0.4, 0.5) is 0 Å². The van der Waals surface area contributed by atoms with Crippen LogP contribution >= 0.6 is 0 Å². The molecule has 0 bridgehead atoms. The summed E-state index contributed by atoms with van der Waals surface area (Å²) < 4.78 is 5.74. The predicted molar refractivity (Wildman–Crippen MR) is 68.1 cm³/mol. The molecule has 2 atom stereocenters. The number of ether oxygens (including phenoxy) is 1. The summed E-state index contributed by atoms with van der Waals surface area (Å²) in [6.07, 6.45) is 3.83. The first kappa shape index (κ1) is 13.3. The predicted octanol–water partition coefficient (Wildman–Crippen LogP) is 0.600. The van der Waals surface area contributed by atoms with Crippen molar-refractivity contribution in [2.24, 2.45) is 0 Å². The highest BCUT2D eigenvalue weighted by Crippen LogP contribution is 2.26. The summed E-state index contributed by atoms with van der Waals surface area (Å²) in [6, 6.07) is 0.219. The van der Waals surface area contributed by atoms with Gasteiger partial charge in [0.25, 0.3) is 0 Å². The third-order valence-corrected chi connectivity index (χ3v) is 4.15. The standard InChI is InChI=1S/C13H26N2O2/c1-13(2)5-6-14-8-11(10-16)15(13)9-12-4-3-7-17-12/h11-12,14,16H,3-10H2,1-2H3. The highest BCUT2D eigenvalue weighted by Gasteiger charge is 2.36. The minimum absolute atomic E-state index is 0.142. The molecule has 100 valence electrons. The van der Waals surface area contributed by atoms with Crippen LogP contribution in [0.25, 0.3) is 0 Å². The molecule has 2 unspecified atom stereocenters. The van der Waals surface area contributed by atoms with E-state index in [9.17, 15) is 5.11 Å². The fourth-order valence-corrected chi connectivity index (χ4v) is 2.98. The molecule has 0 saturated carbocycles. The number of hydrogen-bond acceptors (Lipinski definition) is 4. The van der Waals surface area contributed by atoms with E-state index in [0.717, 1.165) is 39.1 Å². The number of aliphatic hydroxyl groups is 1. The van der Waals surface area contributed by atoms with Crippen LogP contribution in [0.15, 0.2) is 0 Å². The molecule has 0 amide bonds. The Labute approximate surface area is 104 Å². The van der Waals surface area contributed by atoms with Crippen LogP contribution in [0.1, 0.15) is 33.1 Å². The van der Waals surface area contributed by atoms with Gasteiger partial charge in [-0.05, 0) is 39.7 Å². The summed E-state index contributed by atoms with van der Waals surface area (Å²) in [5, 5.41) is 13.0. The van der Waals surface area contributed by atoms with E-state index in [4.69, 9.17) is 4.74 Å². The number of rotatable bonds is 3. The lowest BCUT2D eigenvalue weighted by Crippen LogP contribution is -2.54. The van der Waals surface area contributed by atoms with Gasteiger partial charge in [0.15, 0.2) is 0 Å². The summed E-state index contributed by atoms with van der Waals surface area (Å²) in [6.45, 7) is 8.55. The number of nitrogens with zero attached hydrogens (tertiary/aromatic N) is 1. The summed E-state index contributed by atoms with van der Waals surface area (Å²) in [7, 11) is 0. The topological polar surface area (TPSA) is 44.7 Å². The van der Waals surface area contributed by atoms with Crippen molar-refractivity contribution in [1.82, 2.24) is 10.2 Å². The van der Waals surface area contributed by atoms with Gasteiger partial charge < -0.3 is 15.2 Å². The molecule has 2 aliphatic heterocycles. The number of nitrogens with one attached hydrogen (secondary N) is 1. The highest BCUT2D eigenvalue weighted by atomic mass is 16.5. The maximum atomic E-state index is 9.57. The van der Waals surface area contributed by atoms with Gasteiger partial charge in [-0.25, -0.2) is 0 Å². The van der Waals surface area contributed by atoms with Crippen molar-refractivity contribution in [3.8, 4) is 0 Å². The molecule has 2 N–H and O–H groups in total. The molecule has 0 spiro atoms. The molecule has 0 aromatic rings.